The maximum absolute atomic E-state index is 11.8. The Morgan fingerprint density at radius 1 is 1.44 bits per heavy atom. The van der Waals surface area contributed by atoms with E-state index >= 15 is 0 Å². The van der Waals surface area contributed by atoms with Gasteiger partial charge in [0.2, 0.25) is 5.91 Å². The van der Waals surface area contributed by atoms with Crippen LogP contribution >= 0.6 is 11.6 Å². The summed E-state index contributed by atoms with van der Waals surface area (Å²) in [6.07, 6.45) is 0.228. The molecular formula is C12H13ClN2O3. The first kappa shape index (κ1) is 12.8. The molecule has 0 bridgehead atoms. The summed E-state index contributed by atoms with van der Waals surface area (Å²) in [5, 5.41) is 10.8. The molecule has 0 aromatic heterocycles. The van der Waals surface area contributed by atoms with Crippen LogP contribution in [0.1, 0.15) is 17.5 Å². The molecule has 1 fully saturated rings. The van der Waals surface area contributed by atoms with Gasteiger partial charge >= 0.3 is 0 Å². The quantitative estimate of drug-likeness (QED) is 0.470. The Morgan fingerprint density at radius 3 is 2.61 bits per heavy atom. The summed E-state index contributed by atoms with van der Waals surface area (Å²) >= 11 is 5.94. The summed E-state index contributed by atoms with van der Waals surface area (Å²) in [5.41, 5.74) is 2.01. The van der Waals surface area contributed by atoms with Crippen molar-refractivity contribution in [2.24, 2.45) is 0 Å². The van der Waals surface area contributed by atoms with E-state index in [1.807, 2.05) is 6.92 Å². The number of anilines is 1. The molecule has 0 N–H and O–H groups in total. The van der Waals surface area contributed by atoms with Crippen LogP contribution in [0.5, 0.6) is 0 Å². The number of nitrogens with zero attached hydrogens (tertiary/aromatic N) is 2. The lowest BCUT2D eigenvalue weighted by Gasteiger charge is -2.19. The number of nitro benzene ring substituents is 1. The third-order valence-corrected chi connectivity index (χ3v) is 3.52. The number of carbonyl (C=O) groups excluding carboxylic acids is 1. The highest BCUT2D eigenvalue weighted by atomic mass is 35.5. The monoisotopic (exact) mass is 268 g/mol. The number of nitro groups is 1. The molecule has 1 atom stereocenters. The molecule has 0 aliphatic carbocycles. The smallest absolute Gasteiger partial charge is 0.293 e. The fourth-order valence-electron chi connectivity index (χ4n) is 2.15. The molecular weight excluding hydrogens is 256 g/mol. The molecule has 1 aromatic rings. The Kier molecular flexibility index (Phi) is 3.26. The predicted molar refractivity (Wildman–Crippen MR) is 69.2 cm³/mol. The van der Waals surface area contributed by atoms with Crippen molar-refractivity contribution in [3.8, 4) is 0 Å². The molecule has 5 nitrogen and oxygen atoms in total. The molecule has 1 amide bonds. The average molecular weight is 269 g/mol. The van der Waals surface area contributed by atoms with Crippen molar-refractivity contribution in [3.05, 3.63) is 33.4 Å². The second kappa shape index (κ2) is 4.57. The fourth-order valence-corrected chi connectivity index (χ4v) is 2.42. The van der Waals surface area contributed by atoms with Gasteiger partial charge in [0.25, 0.3) is 5.69 Å². The van der Waals surface area contributed by atoms with Crippen LogP contribution in [0.15, 0.2) is 12.1 Å². The lowest BCUT2D eigenvalue weighted by molar-refractivity contribution is -0.384. The Hall–Kier alpha value is -1.62. The summed E-state index contributed by atoms with van der Waals surface area (Å²) in [7, 11) is 0. The number of amides is 1. The predicted octanol–water partition coefficient (Wildman–Crippen LogP) is 2.56. The number of halogens is 1. The van der Waals surface area contributed by atoms with Crippen LogP contribution in [-0.2, 0) is 4.79 Å². The van der Waals surface area contributed by atoms with Crippen LogP contribution in [0, 0.1) is 24.0 Å². The minimum atomic E-state index is -0.462. The first-order valence-corrected chi connectivity index (χ1v) is 6.04. The van der Waals surface area contributed by atoms with Crippen molar-refractivity contribution in [1.29, 1.82) is 0 Å². The van der Waals surface area contributed by atoms with E-state index in [0.717, 1.165) is 11.1 Å². The average Bonchev–Trinajstić information content (AvgIpc) is 2.61. The van der Waals surface area contributed by atoms with Gasteiger partial charge in [-0.1, -0.05) is 6.07 Å². The van der Waals surface area contributed by atoms with Crippen molar-refractivity contribution in [2.75, 3.05) is 11.4 Å². The second-order valence-corrected chi connectivity index (χ2v) is 5.06. The van der Waals surface area contributed by atoms with Gasteiger partial charge in [0.15, 0.2) is 0 Å². The van der Waals surface area contributed by atoms with E-state index in [4.69, 9.17) is 11.6 Å². The summed E-state index contributed by atoms with van der Waals surface area (Å²) in [6, 6.07) is 3.13. The third-order valence-electron chi connectivity index (χ3n) is 3.22. The van der Waals surface area contributed by atoms with Crippen LogP contribution < -0.4 is 4.90 Å². The van der Waals surface area contributed by atoms with E-state index in [1.54, 1.807) is 13.0 Å². The zero-order valence-corrected chi connectivity index (χ0v) is 10.9. The number of benzene rings is 1. The first-order chi connectivity index (χ1) is 8.41. The van der Waals surface area contributed by atoms with Gasteiger partial charge < -0.3 is 4.90 Å². The Bertz CT molecular complexity index is 530. The van der Waals surface area contributed by atoms with Gasteiger partial charge in [-0.2, -0.15) is 0 Å². The largest absolute Gasteiger partial charge is 0.305 e. The third kappa shape index (κ3) is 2.06. The van der Waals surface area contributed by atoms with Crippen LogP contribution in [0.25, 0.3) is 0 Å². The Balaban J connectivity index is 2.58. The standard InChI is InChI=1S/C12H13ClN2O3/c1-7-3-4-10(15(17)18)12(8(7)2)14-6-9(13)5-11(14)16/h3-4,9H,5-6H2,1-2H3. The van der Waals surface area contributed by atoms with Gasteiger partial charge in [-0.15, -0.1) is 11.6 Å². The lowest BCUT2D eigenvalue weighted by Crippen LogP contribution is -2.26. The maximum Gasteiger partial charge on any atom is 0.293 e. The van der Waals surface area contributed by atoms with Gasteiger partial charge in [-0.25, -0.2) is 0 Å². The number of hydrogen-bond donors (Lipinski definition) is 0. The minimum Gasteiger partial charge on any atom is -0.305 e. The van der Waals surface area contributed by atoms with Gasteiger partial charge in [0, 0.05) is 19.0 Å². The van der Waals surface area contributed by atoms with Crippen LogP contribution in [0.4, 0.5) is 11.4 Å². The van der Waals surface area contributed by atoms with Crippen LogP contribution in [0.2, 0.25) is 0 Å². The Labute approximate surface area is 109 Å². The molecule has 1 unspecified atom stereocenters. The summed E-state index contributed by atoms with van der Waals surface area (Å²) in [4.78, 5) is 23.9. The summed E-state index contributed by atoms with van der Waals surface area (Å²) in [5.74, 6) is -0.160. The number of aryl methyl sites for hydroxylation is 1. The number of carbonyl (C=O) groups is 1. The molecule has 18 heavy (non-hydrogen) atoms. The van der Waals surface area contributed by atoms with Gasteiger partial charge in [0.1, 0.15) is 5.69 Å². The zero-order valence-electron chi connectivity index (χ0n) is 10.1. The van der Waals surface area contributed by atoms with E-state index in [2.05, 4.69) is 0 Å². The highest BCUT2D eigenvalue weighted by molar-refractivity contribution is 6.24. The van der Waals surface area contributed by atoms with E-state index in [1.165, 1.54) is 11.0 Å². The van der Waals surface area contributed by atoms with E-state index in [-0.39, 0.29) is 23.4 Å². The van der Waals surface area contributed by atoms with E-state index in [0.29, 0.717) is 12.2 Å². The van der Waals surface area contributed by atoms with Gasteiger partial charge in [0.05, 0.1) is 10.3 Å². The Morgan fingerprint density at radius 2 is 2.11 bits per heavy atom. The highest BCUT2D eigenvalue weighted by Gasteiger charge is 2.34. The van der Waals surface area contributed by atoms with E-state index in [9.17, 15) is 14.9 Å². The molecule has 1 aliphatic rings. The number of alkyl halides is 1. The van der Waals surface area contributed by atoms with Gasteiger partial charge in [-0.05, 0) is 25.0 Å². The molecule has 1 heterocycles. The highest BCUT2D eigenvalue weighted by Crippen LogP contribution is 2.36. The number of hydrogen-bond acceptors (Lipinski definition) is 3. The summed E-state index contributed by atoms with van der Waals surface area (Å²) < 4.78 is 0. The molecule has 1 aromatic carbocycles. The second-order valence-electron chi connectivity index (χ2n) is 4.44. The molecule has 1 aliphatic heterocycles. The van der Waals surface area contributed by atoms with E-state index < -0.39 is 4.92 Å². The maximum atomic E-state index is 11.8. The van der Waals surface area contributed by atoms with Crippen LogP contribution in [0.3, 0.4) is 0 Å². The molecule has 0 spiro atoms. The lowest BCUT2D eigenvalue weighted by atomic mass is 10.1. The zero-order chi connectivity index (χ0) is 13.4. The van der Waals surface area contributed by atoms with Crippen molar-refractivity contribution >= 4 is 28.9 Å². The van der Waals surface area contributed by atoms with Crippen molar-refractivity contribution in [3.63, 3.8) is 0 Å². The molecule has 0 radical (unpaired) electrons. The van der Waals surface area contributed by atoms with Crippen molar-refractivity contribution in [2.45, 2.75) is 25.6 Å². The minimum absolute atomic E-state index is 0.0442. The molecule has 0 saturated carbocycles. The molecule has 1 saturated heterocycles. The topological polar surface area (TPSA) is 63.5 Å². The van der Waals surface area contributed by atoms with Crippen molar-refractivity contribution in [1.82, 2.24) is 0 Å². The normalized spacial score (nSPS) is 19.4. The first-order valence-electron chi connectivity index (χ1n) is 5.61. The molecule has 6 heteroatoms. The number of rotatable bonds is 2. The molecule has 96 valence electrons. The van der Waals surface area contributed by atoms with Crippen molar-refractivity contribution < 1.29 is 9.72 Å². The molecule has 2 rings (SSSR count). The fraction of sp³-hybridized carbons (Fsp3) is 0.417. The SMILES string of the molecule is Cc1ccc([N+](=O)[O-])c(N2CC(Cl)CC2=O)c1C. The van der Waals surface area contributed by atoms with Gasteiger partial charge in [-0.3, -0.25) is 14.9 Å². The van der Waals surface area contributed by atoms with Crippen LogP contribution in [-0.4, -0.2) is 22.8 Å². The summed E-state index contributed by atoms with van der Waals surface area (Å²) in [6.45, 7) is 3.97.